The van der Waals surface area contributed by atoms with Crippen molar-refractivity contribution in [3.8, 4) is 0 Å². The van der Waals surface area contributed by atoms with Gasteiger partial charge in [0.1, 0.15) is 0 Å². The van der Waals surface area contributed by atoms with E-state index in [0.29, 0.717) is 16.9 Å². The normalized spacial score (nSPS) is 11.4. The highest BCUT2D eigenvalue weighted by atomic mass is 32.2. The molecule has 2 rings (SSSR count). The molecule has 0 bridgehead atoms. The van der Waals surface area contributed by atoms with Gasteiger partial charge in [-0.2, -0.15) is 4.31 Å². The molecular formula is C20H25N3O5S. The van der Waals surface area contributed by atoms with Crippen LogP contribution in [-0.2, 0) is 14.8 Å². The minimum atomic E-state index is -3.59. The smallest absolute Gasteiger partial charge is 0.411 e. The molecule has 0 aliphatic rings. The van der Waals surface area contributed by atoms with Gasteiger partial charge >= 0.3 is 6.09 Å². The van der Waals surface area contributed by atoms with E-state index in [0.717, 1.165) is 0 Å². The Bertz CT molecular complexity index is 972. The quantitative estimate of drug-likeness (QED) is 0.714. The Hall–Kier alpha value is -2.91. The number of anilines is 2. The molecule has 2 N–H and O–H groups in total. The van der Waals surface area contributed by atoms with Crippen molar-refractivity contribution in [1.82, 2.24) is 4.31 Å². The molecule has 2 amide bonds. The first kappa shape index (κ1) is 22.4. The lowest BCUT2D eigenvalue weighted by molar-refractivity contribution is 0.102. The number of carbonyl (C=O) groups is 2. The molecule has 0 saturated carbocycles. The Kier molecular flexibility index (Phi) is 7.35. The van der Waals surface area contributed by atoms with Crippen LogP contribution < -0.4 is 10.6 Å². The van der Waals surface area contributed by atoms with E-state index in [-0.39, 0.29) is 17.5 Å². The number of amides is 2. The fourth-order valence-electron chi connectivity index (χ4n) is 2.38. The van der Waals surface area contributed by atoms with E-state index in [1.807, 2.05) is 0 Å². The molecule has 156 valence electrons. The highest BCUT2D eigenvalue weighted by Crippen LogP contribution is 2.20. The number of nitrogens with zero attached hydrogens (tertiary/aromatic N) is 1. The molecule has 0 radical (unpaired) electrons. The molecule has 0 unspecified atom stereocenters. The average Bonchev–Trinajstić information content (AvgIpc) is 2.68. The molecule has 0 atom stereocenters. The standard InChI is InChI=1S/C20H25N3O5S/c1-5-28-20(25)22-17-8-6-7-15(13-17)19(24)21-16-9-11-18(12-10-16)29(26,27)23(4)14(2)3/h6-14H,5H2,1-4H3,(H,21,24)(H,22,25). The Labute approximate surface area is 170 Å². The van der Waals surface area contributed by atoms with Crippen LogP contribution in [0, 0.1) is 0 Å². The highest BCUT2D eigenvalue weighted by Gasteiger charge is 2.22. The Morgan fingerprint density at radius 2 is 1.69 bits per heavy atom. The van der Waals surface area contributed by atoms with Crippen molar-refractivity contribution in [2.75, 3.05) is 24.3 Å². The van der Waals surface area contributed by atoms with Gasteiger partial charge in [-0.3, -0.25) is 10.1 Å². The minimum absolute atomic E-state index is 0.146. The van der Waals surface area contributed by atoms with Gasteiger partial charge in [0.05, 0.1) is 11.5 Å². The summed E-state index contributed by atoms with van der Waals surface area (Å²) in [4.78, 5) is 24.1. The van der Waals surface area contributed by atoms with Crippen LogP contribution in [-0.4, -0.2) is 44.4 Å². The summed E-state index contributed by atoms with van der Waals surface area (Å²) in [5.41, 5.74) is 1.20. The van der Waals surface area contributed by atoms with E-state index in [1.54, 1.807) is 39.0 Å². The number of hydrogen-bond donors (Lipinski definition) is 2. The molecular weight excluding hydrogens is 394 g/mol. The van der Waals surface area contributed by atoms with Crippen molar-refractivity contribution in [3.63, 3.8) is 0 Å². The molecule has 0 heterocycles. The third-order valence-electron chi connectivity index (χ3n) is 4.16. The van der Waals surface area contributed by atoms with Gasteiger partial charge in [-0.15, -0.1) is 0 Å². The number of carbonyl (C=O) groups excluding carboxylic acids is 2. The largest absolute Gasteiger partial charge is 0.450 e. The molecule has 0 aliphatic carbocycles. The van der Waals surface area contributed by atoms with E-state index in [9.17, 15) is 18.0 Å². The zero-order chi connectivity index (χ0) is 21.6. The summed E-state index contributed by atoms with van der Waals surface area (Å²) in [6.45, 7) is 5.51. The van der Waals surface area contributed by atoms with Crippen LogP contribution >= 0.6 is 0 Å². The number of sulfonamides is 1. The maximum absolute atomic E-state index is 12.5. The second-order valence-electron chi connectivity index (χ2n) is 6.52. The Morgan fingerprint density at radius 1 is 1.03 bits per heavy atom. The van der Waals surface area contributed by atoms with Gasteiger partial charge in [-0.05, 0) is 63.2 Å². The van der Waals surface area contributed by atoms with Crippen molar-refractivity contribution in [3.05, 3.63) is 54.1 Å². The first-order valence-electron chi connectivity index (χ1n) is 9.08. The van der Waals surface area contributed by atoms with Gasteiger partial charge in [0.15, 0.2) is 0 Å². The predicted molar refractivity (Wildman–Crippen MR) is 112 cm³/mol. The maximum Gasteiger partial charge on any atom is 0.411 e. The lowest BCUT2D eigenvalue weighted by Crippen LogP contribution is -2.33. The zero-order valence-electron chi connectivity index (χ0n) is 16.8. The van der Waals surface area contributed by atoms with Gasteiger partial charge < -0.3 is 10.1 Å². The summed E-state index contributed by atoms with van der Waals surface area (Å²) in [6.07, 6.45) is -0.603. The molecule has 0 saturated heterocycles. The third-order valence-corrected chi connectivity index (χ3v) is 6.21. The molecule has 2 aromatic carbocycles. The monoisotopic (exact) mass is 419 g/mol. The van der Waals surface area contributed by atoms with E-state index in [4.69, 9.17) is 4.74 Å². The van der Waals surface area contributed by atoms with Gasteiger partial charge in [0.25, 0.3) is 5.91 Å². The number of ether oxygens (including phenoxy) is 1. The SMILES string of the molecule is CCOC(=O)Nc1cccc(C(=O)Nc2ccc(S(=O)(=O)N(C)C(C)C)cc2)c1. The number of nitrogens with one attached hydrogen (secondary N) is 2. The van der Waals surface area contributed by atoms with Crippen LogP contribution in [0.25, 0.3) is 0 Å². The minimum Gasteiger partial charge on any atom is -0.450 e. The van der Waals surface area contributed by atoms with Gasteiger partial charge in [0, 0.05) is 30.0 Å². The molecule has 8 nitrogen and oxygen atoms in total. The molecule has 29 heavy (non-hydrogen) atoms. The maximum atomic E-state index is 12.5. The van der Waals surface area contributed by atoms with E-state index < -0.39 is 22.0 Å². The topological polar surface area (TPSA) is 105 Å². The summed E-state index contributed by atoms with van der Waals surface area (Å²) in [5.74, 6) is -0.396. The second-order valence-corrected chi connectivity index (χ2v) is 8.52. The van der Waals surface area contributed by atoms with Gasteiger partial charge in [0.2, 0.25) is 10.0 Å². The summed E-state index contributed by atoms with van der Waals surface area (Å²) >= 11 is 0. The van der Waals surface area contributed by atoms with Crippen molar-refractivity contribution >= 4 is 33.4 Å². The van der Waals surface area contributed by atoms with Gasteiger partial charge in [-0.25, -0.2) is 13.2 Å². The van der Waals surface area contributed by atoms with E-state index >= 15 is 0 Å². The molecule has 0 spiro atoms. The zero-order valence-corrected chi connectivity index (χ0v) is 17.6. The number of benzene rings is 2. The summed E-state index contributed by atoms with van der Waals surface area (Å²) in [5, 5.41) is 5.24. The first-order chi connectivity index (χ1) is 13.6. The van der Waals surface area contributed by atoms with Crippen molar-refractivity contribution in [1.29, 1.82) is 0 Å². The molecule has 0 aliphatic heterocycles. The summed E-state index contributed by atoms with van der Waals surface area (Å²) < 4.78 is 31.1. The average molecular weight is 420 g/mol. The predicted octanol–water partition coefficient (Wildman–Crippen LogP) is 3.54. The van der Waals surface area contributed by atoms with Crippen molar-refractivity contribution in [2.45, 2.75) is 31.7 Å². The molecule has 2 aromatic rings. The Balaban J connectivity index is 2.11. The summed E-state index contributed by atoms with van der Waals surface area (Å²) in [7, 11) is -2.07. The molecule has 9 heteroatoms. The van der Waals surface area contributed by atoms with E-state index in [1.165, 1.54) is 41.7 Å². The van der Waals surface area contributed by atoms with Crippen molar-refractivity contribution < 1.29 is 22.7 Å². The fourth-order valence-corrected chi connectivity index (χ4v) is 3.75. The lowest BCUT2D eigenvalue weighted by Gasteiger charge is -2.21. The van der Waals surface area contributed by atoms with Crippen LogP contribution in [0.5, 0.6) is 0 Å². The number of hydrogen-bond acceptors (Lipinski definition) is 5. The lowest BCUT2D eigenvalue weighted by atomic mass is 10.2. The van der Waals surface area contributed by atoms with Crippen LogP contribution in [0.15, 0.2) is 53.4 Å². The molecule has 0 aromatic heterocycles. The van der Waals surface area contributed by atoms with Gasteiger partial charge in [-0.1, -0.05) is 6.07 Å². The Morgan fingerprint density at radius 3 is 2.28 bits per heavy atom. The fraction of sp³-hybridized carbons (Fsp3) is 0.300. The van der Waals surface area contributed by atoms with E-state index in [2.05, 4.69) is 10.6 Å². The first-order valence-corrected chi connectivity index (χ1v) is 10.5. The van der Waals surface area contributed by atoms with Crippen LogP contribution in [0.1, 0.15) is 31.1 Å². The van der Waals surface area contributed by atoms with Crippen LogP contribution in [0.3, 0.4) is 0 Å². The number of rotatable bonds is 7. The van der Waals surface area contributed by atoms with Crippen molar-refractivity contribution in [2.24, 2.45) is 0 Å². The van der Waals surface area contributed by atoms with Crippen LogP contribution in [0.2, 0.25) is 0 Å². The second kappa shape index (κ2) is 9.53. The molecule has 0 fully saturated rings. The highest BCUT2D eigenvalue weighted by molar-refractivity contribution is 7.89. The summed E-state index contributed by atoms with van der Waals surface area (Å²) in [6, 6.07) is 12.2. The van der Waals surface area contributed by atoms with Crippen LogP contribution in [0.4, 0.5) is 16.2 Å². The third kappa shape index (κ3) is 5.78.